The lowest BCUT2D eigenvalue weighted by Gasteiger charge is -2.21. The number of oxime groups is 1. The first-order chi connectivity index (χ1) is 7.79. The van der Waals surface area contributed by atoms with Crippen molar-refractivity contribution in [2.24, 2.45) is 5.16 Å². The topological polar surface area (TPSA) is 76.4 Å². The first-order valence-corrected chi connectivity index (χ1v) is 5.28. The zero-order valence-electron chi connectivity index (χ0n) is 10.1. The van der Waals surface area contributed by atoms with E-state index < -0.39 is 16.8 Å². The predicted molar refractivity (Wildman–Crippen MR) is 65.9 cm³/mol. The largest absolute Gasteiger partial charge is 0.399 e. The molecule has 0 saturated carbocycles. The van der Waals surface area contributed by atoms with E-state index in [9.17, 15) is 9.59 Å². The molecule has 0 aliphatic rings. The van der Waals surface area contributed by atoms with E-state index in [4.69, 9.17) is 11.6 Å². The van der Waals surface area contributed by atoms with Gasteiger partial charge in [0.2, 0.25) is 0 Å². The molecule has 0 aliphatic carbocycles. The van der Waals surface area contributed by atoms with E-state index >= 15 is 0 Å². The van der Waals surface area contributed by atoms with Gasteiger partial charge in [-0.05, 0) is 20.8 Å². The lowest BCUT2D eigenvalue weighted by Crippen LogP contribution is -2.45. The van der Waals surface area contributed by atoms with E-state index in [1.165, 1.54) is 13.3 Å². The molecule has 6 nitrogen and oxygen atoms in total. The van der Waals surface area contributed by atoms with Gasteiger partial charge >= 0.3 is 5.69 Å². The van der Waals surface area contributed by atoms with E-state index in [0.29, 0.717) is 0 Å². The predicted octanol–water partition coefficient (Wildman–Crippen LogP) is 0.925. The van der Waals surface area contributed by atoms with Gasteiger partial charge in [-0.3, -0.25) is 9.36 Å². The van der Waals surface area contributed by atoms with Crippen molar-refractivity contribution in [3.63, 3.8) is 0 Å². The second kappa shape index (κ2) is 4.75. The number of hydrogen-bond donors (Lipinski definition) is 1. The third-order valence-electron chi connectivity index (χ3n) is 2.03. The molecule has 0 aromatic carbocycles. The number of halogens is 1. The van der Waals surface area contributed by atoms with Gasteiger partial charge in [0.05, 0.1) is 11.9 Å². The molecule has 1 aromatic heterocycles. The van der Waals surface area contributed by atoms with Gasteiger partial charge in [-0.1, -0.05) is 16.8 Å². The minimum Gasteiger partial charge on any atom is -0.399 e. The summed E-state index contributed by atoms with van der Waals surface area (Å²) < 4.78 is 1.06. The normalized spacial score (nSPS) is 12.1. The molecule has 0 amide bonds. The van der Waals surface area contributed by atoms with Crippen molar-refractivity contribution in [3.8, 4) is 0 Å². The molecule has 0 atom stereocenters. The van der Waals surface area contributed by atoms with Crippen LogP contribution in [0.4, 0.5) is 0 Å². The van der Waals surface area contributed by atoms with Crippen molar-refractivity contribution in [3.05, 3.63) is 31.6 Å². The summed E-state index contributed by atoms with van der Waals surface area (Å²) in [4.78, 5) is 30.6. The number of hydrogen-bond acceptors (Lipinski definition) is 4. The Hall–Kier alpha value is -1.56. The Morgan fingerprint density at radius 2 is 2.00 bits per heavy atom. The molecular formula is C10H14ClN3O3. The highest BCUT2D eigenvalue weighted by Crippen LogP contribution is 2.10. The Labute approximate surface area is 103 Å². The number of aromatic amines is 1. The van der Waals surface area contributed by atoms with Crippen LogP contribution in [0.2, 0.25) is 5.02 Å². The number of H-pyrrole nitrogens is 1. The number of rotatable bonds is 2. The molecule has 1 rings (SSSR count). The molecule has 1 heterocycles. The minimum absolute atomic E-state index is 0.0969. The molecule has 7 heteroatoms. The summed E-state index contributed by atoms with van der Waals surface area (Å²) in [6, 6.07) is 0. The van der Waals surface area contributed by atoms with Crippen molar-refractivity contribution in [2.75, 3.05) is 7.11 Å². The molecule has 0 unspecified atom stereocenters. The Kier molecular flexibility index (Phi) is 3.77. The Balaban J connectivity index is 3.54. The minimum atomic E-state index is -0.648. The van der Waals surface area contributed by atoms with Crippen LogP contribution in [0, 0.1) is 0 Å². The van der Waals surface area contributed by atoms with E-state index in [-0.39, 0.29) is 10.7 Å². The number of nitrogens with zero attached hydrogens (tertiary/aromatic N) is 2. The third kappa shape index (κ3) is 2.76. The first-order valence-electron chi connectivity index (χ1n) is 4.91. The van der Waals surface area contributed by atoms with E-state index in [1.807, 2.05) is 0 Å². The van der Waals surface area contributed by atoms with Gasteiger partial charge < -0.3 is 9.82 Å². The zero-order chi connectivity index (χ0) is 13.2. The average Bonchev–Trinajstić information content (AvgIpc) is 2.19. The van der Waals surface area contributed by atoms with E-state index in [2.05, 4.69) is 15.0 Å². The van der Waals surface area contributed by atoms with Gasteiger partial charge in [0, 0.05) is 5.54 Å². The Morgan fingerprint density at radius 3 is 2.47 bits per heavy atom. The molecule has 0 spiro atoms. The fourth-order valence-electron chi connectivity index (χ4n) is 1.34. The van der Waals surface area contributed by atoms with Gasteiger partial charge in [0.15, 0.2) is 0 Å². The fraction of sp³-hybridized carbons (Fsp3) is 0.500. The van der Waals surface area contributed by atoms with Crippen LogP contribution in [0.3, 0.4) is 0 Å². The van der Waals surface area contributed by atoms with Gasteiger partial charge in [-0.15, -0.1) is 0 Å². The molecule has 17 heavy (non-hydrogen) atoms. The second-order valence-corrected chi connectivity index (χ2v) is 4.76. The smallest absolute Gasteiger partial charge is 0.329 e. The average molecular weight is 260 g/mol. The van der Waals surface area contributed by atoms with Crippen LogP contribution in [-0.2, 0) is 10.4 Å². The van der Waals surface area contributed by atoms with E-state index in [1.54, 1.807) is 20.8 Å². The monoisotopic (exact) mass is 259 g/mol. The summed E-state index contributed by atoms with van der Waals surface area (Å²) in [5.74, 6) is 0. The van der Waals surface area contributed by atoms with E-state index in [0.717, 1.165) is 4.57 Å². The third-order valence-corrected chi connectivity index (χ3v) is 2.40. The molecule has 0 radical (unpaired) electrons. The van der Waals surface area contributed by atoms with Crippen LogP contribution in [0.5, 0.6) is 0 Å². The van der Waals surface area contributed by atoms with Crippen molar-refractivity contribution in [1.82, 2.24) is 9.55 Å². The fourth-order valence-corrected chi connectivity index (χ4v) is 1.52. The summed E-state index contributed by atoms with van der Waals surface area (Å²) in [6.45, 7) is 5.22. The summed E-state index contributed by atoms with van der Waals surface area (Å²) in [5, 5.41) is 3.35. The molecule has 1 N–H and O–H groups in total. The highest BCUT2D eigenvalue weighted by atomic mass is 35.5. The molecule has 1 aromatic rings. The number of nitrogens with one attached hydrogen (secondary N) is 1. The quantitative estimate of drug-likeness (QED) is 0.634. The molecular weight excluding hydrogens is 246 g/mol. The molecule has 94 valence electrons. The summed E-state index contributed by atoms with van der Waals surface area (Å²) in [5.41, 5.74) is -1.61. The maximum absolute atomic E-state index is 11.9. The summed E-state index contributed by atoms with van der Waals surface area (Å²) >= 11 is 5.86. The molecule has 0 bridgehead atoms. The van der Waals surface area contributed by atoms with Crippen LogP contribution in [-0.4, -0.2) is 22.9 Å². The second-order valence-electron chi connectivity index (χ2n) is 4.39. The zero-order valence-corrected chi connectivity index (χ0v) is 10.8. The van der Waals surface area contributed by atoms with Crippen molar-refractivity contribution in [1.29, 1.82) is 0 Å². The maximum atomic E-state index is 11.9. The highest BCUT2D eigenvalue weighted by molar-refractivity contribution is 6.32. The van der Waals surface area contributed by atoms with Crippen LogP contribution >= 0.6 is 11.6 Å². The van der Waals surface area contributed by atoms with Gasteiger partial charge in [-0.25, -0.2) is 4.79 Å². The van der Waals surface area contributed by atoms with Gasteiger partial charge in [0.1, 0.15) is 12.1 Å². The lowest BCUT2D eigenvalue weighted by molar-refractivity contribution is 0.215. The van der Waals surface area contributed by atoms with Crippen LogP contribution in [0.25, 0.3) is 0 Å². The van der Waals surface area contributed by atoms with Gasteiger partial charge in [0.25, 0.3) is 5.56 Å². The molecule has 0 saturated heterocycles. The van der Waals surface area contributed by atoms with Crippen molar-refractivity contribution < 1.29 is 4.84 Å². The molecule has 0 fully saturated rings. The van der Waals surface area contributed by atoms with Crippen LogP contribution in [0.15, 0.2) is 14.7 Å². The lowest BCUT2D eigenvalue weighted by atomic mass is 10.1. The summed E-state index contributed by atoms with van der Waals surface area (Å²) in [6.07, 6.45) is 1.18. The highest BCUT2D eigenvalue weighted by Gasteiger charge is 2.21. The van der Waals surface area contributed by atoms with Crippen LogP contribution in [0.1, 0.15) is 26.5 Å². The Morgan fingerprint density at radius 1 is 1.41 bits per heavy atom. The SMILES string of the molecule is CO/N=C/c1[nH]c(=O)n(C(C)(C)C)c(=O)c1Cl. The standard InChI is InChI=1S/C10H14ClN3O3/c1-10(2,3)14-8(15)7(11)6(5-12-17-4)13-9(14)16/h5H,1-4H3,(H,13,16)/b12-5+. The maximum Gasteiger partial charge on any atom is 0.329 e. The van der Waals surface area contributed by atoms with Crippen molar-refractivity contribution in [2.45, 2.75) is 26.3 Å². The molecule has 0 aliphatic heterocycles. The number of aromatic nitrogens is 2. The van der Waals surface area contributed by atoms with Gasteiger partial charge in [-0.2, -0.15) is 0 Å². The summed E-state index contributed by atoms with van der Waals surface area (Å²) in [7, 11) is 1.35. The first kappa shape index (κ1) is 13.5. The van der Waals surface area contributed by atoms with Crippen LogP contribution < -0.4 is 11.2 Å². The van der Waals surface area contributed by atoms with Crippen molar-refractivity contribution >= 4 is 17.8 Å². The Bertz CT molecular complexity index is 551.